The third-order valence-electron chi connectivity index (χ3n) is 2.96. The third kappa shape index (κ3) is 5.44. The lowest BCUT2D eigenvalue weighted by Crippen LogP contribution is -2.34. The Morgan fingerprint density at radius 1 is 1.17 bits per heavy atom. The van der Waals surface area contributed by atoms with Gasteiger partial charge in [-0.15, -0.1) is 0 Å². The van der Waals surface area contributed by atoms with Gasteiger partial charge in [-0.1, -0.05) is 41.9 Å². The summed E-state index contributed by atoms with van der Waals surface area (Å²) in [4.78, 5) is 26.5. The van der Waals surface area contributed by atoms with E-state index in [0.29, 0.717) is 5.02 Å². The first-order valence-electron chi connectivity index (χ1n) is 7.13. The number of aromatic nitrogens is 1. The first-order chi connectivity index (χ1) is 11.6. The van der Waals surface area contributed by atoms with Gasteiger partial charge in [-0.2, -0.15) is 0 Å². The molecule has 1 aromatic carbocycles. The Morgan fingerprint density at radius 2 is 1.88 bits per heavy atom. The van der Waals surface area contributed by atoms with Crippen molar-refractivity contribution in [3.8, 4) is 5.75 Å². The number of amides is 2. The van der Waals surface area contributed by atoms with Crippen molar-refractivity contribution in [2.45, 2.75) is 6.61 Å². The Balaban J connectivity index is 2.01. The number of hydrogen-bond acceptors (Lipinski definition) is 4. The Labute approximate surface area is 143 Å². The summed E-state index contributed by atoms with van der Waals surface area (Å²) < 4.78 is 5.65. The van der Waals surface area contributed by atoms with Gasteiger partial charge in [-0.25, -0.2) is 9.78 Å². The van der Waals surface area contributed by atoms with Gasteiger partial charge < -0.3 is 20.5 Å². The van der Waals surface area contributed by atoms with Gasteiger partial charge in [-0.3, -0.25) is 4.79 Å². The van der Waals surface area contributed by atoms with Crippen LogP contribution in [-0.4, -0.2) is 35.2 Å². The van der Waals surface area contributed by atoms with Crippen LogP contribution in [0.4, 0.5) is 4.79 Å². The maximum Gasteiger partial charge on any atom is 0.404 e. The van der Waals surface area contributed by atoms with E-state index in [1.54, 1.807) is 0 Å². The molecule has 0 saturated carbocycles. The highest BCUT2D eigenvalue weighted by atomic mass is 35.5. The lowest BCUT2D eigenvalue weighted by atomic mass is 10.2. The summed E-state index contributed by atoms with van der Waals surface area (Å²) in [5, 5.41) is 13.5. The van der Waals surface area contributed by atoms with Crippen LogP contribution in [0, 0.1) is 0 Å². The van der Waals surface area contributed by atoms with Gasteiger partial charge in [0.1, 0.15) is 6.61 Å². The zero-order valence-electron chi connectivity index (χ0n) is 12.7. The van der Waals surface area contributed by atoms with Crippen molar-refractivity contribution in [3.05, 3.63) is 58.9 Å². The first-order valence-corrected chi connectivity index (χ1v) is 7.51. The number of ether oxygens (including phenoxy) is 1. The minimum absolute atomic E-state index is 0.0886. The van der Waals surface area contributed by atoms with E-state index < -0.39 is 12.0 Å². The molecule has 0 saturated heterocycles. The standard InChI is InChI=1S/C16H16ClN3O4/c17-12-8-13(24-10-11-4-2-1-3-5-11)14(20-9-12)15(21)18-6-7-19-16(22)23/h1-5,8-9,19H,6-7,10H2,(H,18,21)(H,22,23). The number of carboxylic acid groups (broad SMARTS) is 1. The highest BCUT2D eigenvalue weighted by Gasteiger charge is 2.15. The Morgan fingerprint density at radius 3 is 2.58 bits per heavy atom. The fourth-order valence-electron chi connectivity index (χ4n) is 1.87. The van der Waals surface area contributed by atoms with Crippen molar-refractivity contribution in [1.29, 1.82) is 0 Å². The van der Waals surface area contributed by atoms with Gasteiger partial charge in [-0.05, 0) is 5.56 Å². The minimum Gasteiger partial charge on any atom is -0.486 e. The molecule has 0 radical (unpaired) electrons. The predicted molar refractivity (Wildman–Crippen MR) is 88.4 cm³/mol. The summed E-state index contributed by atoms with van der Waals surface area (Å²) in [6, 6.07) is 11.0. The molecule has 2 aromatic rings. The van der Waals surface area contributed by atoms with Crippen LogP contribution in [0.1, 0.15) is 16.1 Å². The molecule has 3 N–H and O–H groups in total. The van der Waals surface area contributed by atoms with E-state index in [4.69, 9.17) is 21.4 Å². The largest absolute Gasteiger partial charge is 0.486 e. The molecule has 8 heteroatoms. The van der Waals surface area contributed by atoms with Crippen LogP contribution in [0.15, 0.2) is 42.6 Å². The highest BCUT2D eigenvalue weighted by molar-refractivity contribution is 6.30. The summed E-state index contributed by atoms with van der Waals surface area (Å²) in [6.07, 6.45) is 0.196. The number of nitrogens with zero attached hydrogens (tertiary/aromatic N) is 1. The van der Waals surface area contributed by atoms with Crippen LogP contribution in [0.5, 0.6) is 5.75 Å². The van der Waals surface area contributed by atoms with E-state index in [9.17, 15) is 9.59 Å². The molecule has 2 amide bonds. The molecule has 7 nitrogen and oxygen atoms in total. The second-order valence-corrected chi connectivity index (χ2v) is 5.20. The number of halogens is 1. The molecule has 24 heavy (non-hydrogen) atoms. The highest BCUT2D eigenvalue weighted by Crippen LogP contribution is 2.22. The van der Waals surface area contributed by atoms with E-state index in [1.807, 2.05) is 30.3 Å². The molecule has 0 bridgehead atoms. The second kappa shape index (κ2) is 8.73. The summed E-state index contributed by atoms with van der Waals surface area (Å²) >= 11 is 5.92. The average molecular weight is 350 g/mol. The molecular weight excluding hydrogens is 334 g/mol. The van der Waals surface area contributed by atoms with Crippen molar-refractivity contribution in [2.24, 2.45) is 0 Å². The Hall–Kier alpha value is -2.80. The molecule has 0 spiro atoms. The van der Waals surface area contributed by atoms with Crippen LogP contribution in [0.2, 0.25) is 5.02 Å². The van der Waals surface area contributed by atoms with Gasteiger partial charge >= 0.3 is 6.09 Å². The third-order valence-corrected chi connectivity index (χ3v) is 3.17. The number of hydrogen-bond donors (Lipinski definition) is 3. The number of carbonyl (C=O) groups is 2. The van der Waals surface area contributed by atoms with Crippen LogP contribution in [0.3, 0.4) is 0 Å². The second-order valence-electron chi connectivity index (χ2n) is 4.76. The lowest BCUT2D eigenvalue weighted by Gasteiger charge is -2.11. The zero-order valence-corrected chi connectivity index (χ0v) is 13.4. The SMILES string of the molecule is O=C(O)NCCNC(=O)c1ncc(Cl)cc1OCc1ccccc1. The summed E-state index contributed by atoms with van der Waals surface area (Å²) in [5.74, 6) is -0.211. The van der Waals surface area contributed by atoms with E-state index in [1.165, 1.54) is 12.3 Å². The van der Waals surface area contributed by atoms with Crippen LogP contribution in [-0.2, 0) is 6.61 Å². The first kappa shape index (κ1) is 17.6. The number of carbonyl (C=O) groups excluding carboxylic acids is 1. The van der Waals surface area contributed by atoms with E-state index in [0.717, 1.165) is 5.56 Å². The van der Waals surface area contributed by atoms with Gasteiger partial charge in [0.05, 0.1) is 5.02 Å². The summed E-state index contributed by atoms with van der Waals surface area (Å²) in [6.45, 7) is 0.492. The van der Waals surface area contributed by atoms with Gasteiger partial charge in [0, 0.05) is 25.4 Å². The van der Waals surface area contributed by atoms with Crippen molar-refractivity contribution in [1.82, 2.24) is 15.6 Å². The van der Waals surface area contributed by atoms with E-state index in [-0.39, 0.29) is 31.1 Å². The smallest absolute Gasteiger partial charge is 0.404 e. The number of rotatable bonds is 7. The molecule has 0 aliphatic rings. The molecular formula is C16H16ClN3O4. The molecule has 0 fully saturated rings. The molecule has 2 rings (SSSR count). The molecule has 0 unspecified atom stereocenters. The monoisotopic (exact) mass is 349 g/mol. The molecule has 0 atom stereocenters. The lowest BCUT2D eigenvalue weighted by molar-refractivity contribution is 0.0943. The number of nitrogens with one attached hydrogen (secondary N) is 2. The molecule has 1 heterocycles. The van der Waals surface area contributed by atoms with Crippen molar-refractivity contribution in [2.75, 3.05) is 13.1 Å². The topological polar surface area (TPSA) is 101 Å². The fourth-order valence-corrected chi connectivity index (χ4v) is 2.01. The summed E-state index contributed by atoms with van der Waals surface area (Å²) in [7, 11) is 0. The number of pyridine rings is 1. The number of benzene rings is 1. The Kier molecular flexibility index (Phi) is 6.39. The van der Waals surface area contributed by atoms with Gasteiger partial charge in [0.25, 0.3) is 5.91 Å². The minimum atomic E-state index is -1.15. The molecule has 1 aromatic heterocycles. The van der Waals surface area contributed by atoms with Crippen molar-refractivity contribution in [3.63, 3.8) is 0 Å². The average Bonchev–Trinajstić information content (AvgIpc) is 2.57. The predicted octanol–water partition coefficient (Wildman–Crippen LogP) is 2.31. The molecule has 126 valence electrons. The normalized spacial score (nSPS) is 10.0. The van der Waals surface area contributed by atoms with Crippen molar-refractivity contribution < 1.29 is 19.4 Å². The van der Waals surface area contributed by atoms with Crippen LogP contribution >= 0.6 is 11.6 Å². The van der Waals surface area contributed by atoms with Crippen molar-refractivity contribution >= 4 is 23.6 Å². The summed E-state index contributed by atoms with van der Waals surface area (Å²) in [5.41, 5.74) is 1.03. The van der Waals surface area contributed by atoms with E-state index >= 15 is 0 Å². The van der Waals surface area contributed by atoms with Crippen LogP contribution < -0.4 is 15.4 Å². The fraction of sp³-hybridized carbons (Fsp3) is 0.188. The quantitative estimate of drug-likeness (QED) is 0.666. The Bertz CT molecular complexity index is 710. The maximum atomic E-state index is 12.2. The molecule has 0 aliphatic heterocycles. The molecule has 0 aliphatic carbocycles. The van der Waals surface area contributed by atoms with Gasteiger partial charge in [0.15, 0.2) is 11.4 Å². The maximum absolute atomic E-state index is 12.2. The van der Waals surface area contributed by atoms with Gasteiger partial charge in [0.2, 0.25) is 0 Å². The van der Waals surface area contributed by atoms with Crippen LogP contribution in [0.25, 0.3) is 0 Å². The zero-order chi connectivity index (χ0) is 17.4. The van der Waals surface area contributed by atoms with E-state index in [2.05, 4.69) is 15.6 Å².